The maximum absolute atomic E-state index is 6.18. The number of hydrogen-bond acceptors (Lipinski definition) is 4. The molecule has 0 aromatic carbocycles. The first-order valence-corrected chi connectivity index (χ1v) is 7.07. The van der Waals surface area contributed by atoms with Crippen molar-refractivity contribution >= 4 is 11.3 Å². The van der Waals surface area contributed by atoms with E-state index in [9.17, 15) is 0 Å². The Labute approximate surface area is 108 Å². The average molecular weight is 254 g/mol. The fourth-order valence-electron chi connectivity index (χ4n) is 2.48. The van der Waals surface area contributed by atoms with Crippen LogP contribution in [0.1, 0.15) is 29.6 Å². The van der Waals surface area contributed by atoms with E-state index in [1.165, 1.54) is 9.75 Å². The van der Waals surface area contributed by atoms with E-state index in [1.807, 2.05) is 11.3 Å². The Bertz CT molecular complexity index is 364. The van der Waals surface area contributed by atoms with Crippen LogP contribution in [0.3, 0.4) is 0 Å². The van der Waals surface area contributed by atoms with Crippen LogP contribution in [0.5, 0.6) is 0 Å². The molecule has 2 rings (SSSR count). The van der Waals surface area contributed by atoms with Gasteiger partial charge in [-0.15, -0.1) is 11.3 Å². The average Bonchev–Trinajstić information content (AvgIpc) is 2.64. The molecule has 96 valence electrons. The van der Waals surface area contributed by atoms with Gasteiger partial charge in [-0.05, 0) is 32.9 Å². The third-order valence-corrected chi connectivity index (χ3v) is 4.29. The summed E-state index contributed by atoms with van der Waals surface area (Å²) in [6, 6.07) is 4.88. The minimum absolute atomic E-state index is 0.151. The lowest BCUT2D eigenvalue weighted by Crippen LogP contribution is -2.47. The summed E-state index contributed by atoms with van der Waals surface area (Å²) in [4.78, 5) is 5.20. The molecule has 1 aliphatic rings. The number of rotatable bonds is 3. The summed E-state index contributed by atoms with van der Waals surface area (Å²) in [5.41, 5.74) is 6.18. The second kappa shape index (κ2) is 5.48. The van der Waals surface area contributed by atoms with Crippen molar-refractivity contribution in [2.75, 3.05) is 19.7 Å². The summed E-state index contributed by atoms with van der Waals surface area (Å²) < 4.78 is 5.60. The highest BCUT2D eigenvalue weighted by Crippen LogP contribution is 2.30. The van der Waals surface area contributed by atoms with Crippen molar-refractivity contribution in [1.29, 1.82) is 0 Å². The van der Waals surface area contributed by atoms with Crippen molar-refractivity contribution in [3.05, 3.63) is 21.9 Å². The van der Waals surface area contributed by atoms with Gasteiger partial charge in [-0.2, -0.15) is 0 Å². The Balaban J connectivity index is 2.17. The van der Waals surface area contributed by atoms with E-state index < -0.39 is 0 Å². The fourth-order valence-corrected chi connectivity index (χ4v) is 3.61. The van der Waals surface area contributed by atoms with Crippen LogP contribution >= 0.6 is 11.3 Å². The van der Waals surface area contributed by atoms with Gasteiger partial charge in [0.05, 0.1) is 18.8 Å². The van der Waals surface area contributed by atoms with Crippen LogP contribution < -0.4 is 5.73 Å². The van der Waals surface area contributed by atoms with Crippen molar-refractivity contribution in [1.82, 2.24) is 4.90 Å². The van der Waals surface area contributed by atoms with Crippen molar-refractivity contribution in [2.24, 2.45) is 5.73 Å². The zero-order valence-electron chi connectivity index (χ0n) is 10.8. The van der Waals surface area contributed by atoms with Gasteiger partial charge in [-0.25, -0.2) is 0 Å². The predicted molar refractivity (Wildman–Crippen MR) is 72.4 cm³/mol. The molecule has 0 spiro atoms. The van der Waals surface area contributed by atoms with E-state index in [0.29, 0.717) is 12.1 Å². The summed E-state index contributed by atoms with van der Waals surface area (Å²) in [6.07, 6.45) is 0.311. The maximum atomic E-state index is 6.18. The van der Waals surface area contributed by atoms with E-state index in [2.05, 4.69) is 37.8 Å². The number of thiophene rings is 1. The monoisotopic (exact) mass is 254 g/mol. The van der Waals surface area contributed by atoms with Crippen molar-refractivity contribution in [2.45, 2.75) is 39.0 Å². The molecule has 0 bridgehead atoms. The highest BCUT2D eigenvalue weighted by Gasteiger charge is 2.28. The quantitative estimate of drug-likeness (QED) is 0.898. The van der Waals surface area contributed by atoms with Gasteiger partial charge in [-0.1, -0.05) is 0 Å². The highest BCUT2D eigenvalue weighted by molar-refractivity contribution is 7.12. The Morgan fingerprint density at radius 3 is 2.82 bits per heavy atom. The standard InChI is InChI=1S/C13H22N2OS/c1-9-8-15(6-7-16-9)13(11(3)14)12-5-4-10(2)17-12/h4-5,9,11,13H,6-8,14H2,1-3H3. The summed E-state index contributed by atoms with van der Waals surface area (Å²) in [5.74, 6) is 0. The van der Waals surface area contributed by atoms with Crippen LogP contribution in [0, 0.1) is 6.92 Å². The number of aryl methyl sites for hydroxylation is 1. The molecule has 0 saturated carbocycles. The number of hydrogen-bond donors (Lipinski definition) is 1. The number of nitrogens with two attached hydrogens (primary N) is 1. The second-order valence-electron chi connectivity index (χ2n) is 4.93. The second-order valence-corrected chi connectivity index (χ2v) is 6.25. The van der Waals surface area contributed by atoms with Crippen LogP contribution in [0.25, 0.3) is 0 Å². The molecule has 1 aliphatic heterocycles. The van der Waals surface area contributed by atoms with Gasteiger partial charge in [-0.3, -0.25) is 4.90 Å². The molecule has 3 nitrogen and oxygen atoms in total. The van der Waals surface area contributed by atoms with E-state index in [-0.39, 0.29) is 6.04 Å². The van der Waals surface area contributed by atoms with Gasteiger partial charge in [0.25, 0.3) is 0 Å². The first kappa shape index (κ1) is 13.0. The zero-order valence-corrected chi connectivity index (χ0v) is 11.7. The van der Waals surface area contributed by atoms with Crippen LogP contribution in [-0.2, 0) is 4.74 Å². The normalized spacial score (nSPS) is 25.8. The molecule has 2 heterocycles. The molecule has 17 heavy (non-hydrogen) atoms. The molecule has 1 fully saturated rings. The Morgan fingerprint density at radius 2 is 2.29 bits per heavy atom. The first-order chi connectivity index (χ1) is 8.08. The van der Waals surface area contributed by atoms with Crippen molar-refractivity contribution < 1.29 is 4.74 Å². The molecule has 3 unspecified atom stereocenters. The Kier molecular flexibility index (Phi) is 4.20. The molecular weight excluding hydrogens is 232 g/mol. The lowest BCUT2D eigenvalue weighted by molar-refractivity contribution is -0.0370. The van der Waals surface area contributed by atoms with Gasteiger partial charge in [0, 0.05) is 28.9 Å². The summed E-state index contributed by atoms with van der Waals surface area (Å²) >= 11 is 1.86. The SMILES string of the molecule is Cc1ccc(C(C(C)N)N2CCOC(C)C2)s1. The molecule has 1 saturated heterocycles. The van der Waals surface area contributed by atoms with Crippen LogP contribution in [0.15, 0.2) is 12.1 Å². The molecule has 2 N–H and O–H groups in total. The highest BCUT2D eigenvalue weighted by atomic mass is 32.1. The van der Waals surface area contributed by atoms with Gasteiger partial charge >= 0.3 is 0 Å². The lowest BCUT2D eigenvalue weighted by Gasteiger charge is -2.38. The van der Waals surface area contributed by atoms with Crippen LogP contribution in [0.4, 0.5) is 0 Å². The lowest BCUT2D eigenvalue weighted by atomic mass is 10.1. The largest absolute Gasteiger partial charge is 0.376 e. The minimum atomic E-state index is 0.151. The van der Waals surface area contributed by atoms with Gasteiger partial charge in [0.2, 0.25) is 0 Å². The number of morpholine rings is 1. The minimum Gasteiger partial charge on any atom is -0.376 e. The summed E-state index contributed by atoms with van der Waals surface area (Å²) in [5, 5.41) is 0. The van der Waals surface area contributed by atoms with E-state index >= 15 is 0 Å². The number of nitrogens with zero attached hydrogens (tertiary/aromatic N) is 1. The molecule has 0 amide bonds. The topological polar surface area (TPSA) is 38.5 Å². The van der Waals surface area contributed by atoms with E-state index in [4.69, 9.17) is 10.5 Å². The third kappa shape index (κ3) is 3.07. The van der Waals surface area contributed by atoms with E-state index in [0.717, 1.165) is 19.7 Å². The van der Waals surface area contributed by atoms with Gasteiger partial charge in [0.1, 0.15) is 0 Å². The summed E-state index contributed by atoms with van der Waals surface area (Å²) in [7, 11) is 0. The molecule has 1 aromatic rings. The Hall–Kier alpha value is -0.420. The molecule has 0 radical (unpaired) electrons. The smallest absolute Gasteiger partial charge is 0.0674 e. The Morgan fingerprint density at radius 1 is 1.53 bits per heavy atom. The maximum Gasteiger partial charge on any atom is 0.0674 e. The zero-order chi connectivity index (χ0) is 12.4. The molecule has 1 aromatic heterocycles. The number of ether oxygens (including phenoxy) is 1. The first-order valence-electron chi connectivity index (χ1n) is 6.25. The van der Waals surface area contributed by atoms with Crippen LogP contribution in [-0.4, -0.2) is 36.7 Å². The molecule has 3 atom stereocenters. The van der Waals surface area contributed by atoms with Gasteiger partial charge < -0.3 is 10.5 Å². The van der Waals surface area contributed by atoms with E-state index in [1.54, 1.807) is 0 Å². The predicted octanol–water partition coefficient (Wildman–Crippen LogP) is 2.17. The third-order valence-electron chi connectivity index (χ3n) is 3.22. The van der Waals surface area contributed by atoms with Crippen molar-refractivity contribution in [3.63, 3.8) is 0 Å². The molecule has 0 aliphatic carbocycles. The van der Waals surface area contributed by atoms with Crippen LogP contribution in [0.2, 0.25) is 0 Å². The molecule has 4 heteroatoms. The fraction of sp³-hybridized carbons (Fsp3) is 0.692. The van der Waals surface area contributed by atoms with Crippen molar-refractivity contribution in [3.8, 4) is 0 Å². The molecular formula is C13H22N2OS. The summed E-state index contributed by atoms with van der Waals surface area (Å²) in [6.45, 7) is 9.14. The van der Waals surface area contributed by atoms with Gasteiger partial charge in [0.15, 0.2) is 0 Å².